The second-order valence-corrected chi connectivity index (χ2v) is 7.18. The smallest absolute Gasteiger partial charge is 0.244 e. The van der Waals surface area contributed by atoms with E-state index in [1.807, 2.05) is 6.92 Å². The third-order valence-corrected chi connectivity index (χ3v) is 5.76. The predicted molar refractivity (Wildman–Crippen MR) is 86.9 cm³/mol. The van der Waals surface area contributed by atoms with Gasteiger partial charge in [-0.05, 0) is 6.92 Å². The van der Waals surface area contributed by atoms with E-state index >= 15 is 0 Å². The van der Waals surface area contributed by atoms with Gasteiger partial charge in [0.2, 0.25) is 11.8 Å². The van der Waals surface area contributed by atoms with Crippen molar-refractivity contribution < 1.29 is 9.59 Å². The van der Waals surface area contributed by atoms with Crippen molar-refractivity contribution in [3.8, 4) is 0 Å². The third kappa shape index (κ3) is 4.81. The van der Waals surface area contributed by atoms with Gasteiger partial charge in [0.1, 0.15) is 0 Å². The molecule has 0 aromatic carbocycles. The van der Waals surface area contributed by atoms with E-state index in [0.717, 1.165) is 21.5 Å². The zero-order valence-corrected chi connectivity index (χ0v) is 13.9. The van der Waals surface area contributed by atoms with E-state index in [2.05, 4.69) is 15.6 Å². The van der Waals surface area contributed by atoms with E-state index in [9.17, 15) is 9.59 Å². The maximum absolute atomic E-state index is 11.9. The van der Waals surface area contributed by atoms with Gasteiger partial charge in [-0.25, -0.2) is 4.98 Å². The summed E-state index contributed by atoms with van der Waals surface area (Å²) in [4.78, 5) is 26.9. The summed E-state index contributed by atoms with van der Waals surface area (Å²) < 4.78 is 0.905. The first-order chi connectivity index (χ1) is 9.06. The van der Waals surface area contributed by atoms with Crippen molar-refractivity contribution in [1.29, 1.82) is 0 Å². The highest BCUT2D eigenvalue weighted by atomic mass is 35.5. The second kappa shape index (κ2) is 8.08. The fourth-order valence-corrected chi connectivity index (χ4v) is 4.28. The molecule has 10 heteroatoms. The summed E-state index contributed by atoms with van der Waals surface area (Å²) in [6.07, 6.45) is 0. The van der Waals surface area contributed by atoms with E-state index in [4.69, 9.17) is 5.73 Å². The number of halogens is 1. The predicted octanol–water partition coefficient (Wildman–Crippen LogP) is 1.05. The molecule has 1 unspecified atom stereocenters. The van der Waals surface area contributed by atoms with Gasteiger partial charge in [-0.3, -0.25) is 14.9 Å². The van der Waals surface area contributed by atoms with Gasteiger partial charge in [-0.2, -0.15) is 0 Å². The summed E-state index contributed by atoms with van der Waals surface area (Å²) in [5.74, 6) is 1.37. The molecular formula is C10H15ClN4O2S3. The lowest BCUT2D eigenvalue weighted by Crippen LogP contribution is -2.37. The summed E-state index contributed by atoms with van der Waals surface area (Å²) in [7, 11) is 0. The van der Waals surface area contributed by atoms with Crippen LogP contribution in [0, 0.1) is 6.92 Å². The third-order valence-electron chi connectivity index (χ3n) is 2.36. The Morgan fingerprint density at radius 1 is 1.60 bits per heavy atom. The molecule has 2 rings (SSSR count). The Bertz CT molecular complexity index is 491. The van der Waals surface area contributed by atoms with Crippen LogP contribution in [0.15, 0.2) is 4.21 Å². The van der Waals surface area contributed by atoms with E-state index in [-0.39, 0.29) is 36.0 Å². The number of carbonyl (C=O) groups excluding carboxylic acids is 2. The number of amides is 2. The van der Waals surface area contributed by atoms with Gasteiger partial charge in [0.05, 0.1) is 21.7 Å². The van der Waals surface area contributed by atoms with Crippen molar-refractivity contribution in [2.24, 2.45) is 5.73 Å². The highest BCUT2D eigenvalue weighted by molar-refractivity contribution is 8.01. The molecule has 1 aliphatic rings. The summed E-state index contributed by atoms with van der Waals surface area (Å²) in [5.41, 5.74) is 5.91. The van der Waals surface area contributed by atoms with Gasteiger partial charge in [-0.1, -0.05) is 11.3 Å². The molecule has 0 bridgehead atoms. The molecule has 0 aliphatic carbocycles. The minimum atomic E-state index is -0.365. The molecule has 1 aliphatic heterocycles. The number of hydrogen-bond donors (Lipinski definition) is 3. The molecule has 112 valence electrons. The highest BCUT2D eigenvalue weighted by Gasteiger charge is 2.23. The molecule has 4 N–H and O–H groups in total. The van der Waals surface area contributed by atoms with Crippen LogP contribution in [-0.2, 0) is 9.59 Å². The number of nitrogens with one attached hydrogen (secondary N) is 2. The van der Waals surface area contributed by atoms with Gasteiger partial charge < -0.3 is 11.1 Å². The first-order valence-corrected chi connectivity index (χ1v) is 8.52. The molecule has 0 radical (unpaired) electrons. The SMILES string of the molecule is Cc1nc(NC(=O)C2CSCN2)sc1SCC(N)=O.Cl. The molecule has 0 saturated carbocycles. The molecular weight excluding hydrogens is 340 g/mol. The number of nitrogens with zero attached hydrogens (tertiary/aromatic N) is 1. The van der Waals surface area contributed by atoms with Gasteiger partial charge in [0, 0.05) is 11.6 Å². The Hall–Kier alpha value is -0.480. The topological polar surface area (TPSA) is 97.1 Å². The Labute approximate surface area is 135 Å². The molecule has 1 aromatic rings. The number of aromatic nitrogens is 1. The number of primary amides is 1. The van der Waals surface area contributed by atoms with Gasteiger partial charge in [0.25, 0.3) is 0 Å². The minimum absolute atomic E-state index is 0. The summed E-state index contributed by atoms with van der Waals surface area (Å²) >= 11 is 4.41. The maximum atomic E-state index is 11.9. The molecule has 0 spiro atoms. The molecule has 20 heavy (non-hydrogen) atoms. The molecule has 1 fully saturated rings. The van der Waals surface area contributed by atoms with Gasteiger partial charge in [-0.15, -0.1) is 35.9 Å². The van der Waals surface area contributed by atoms with E-state index < -0.39 is 0 Å². The van der Waals surface area contributed by atoms with Crippen molar-refractivity contribution >= 4 is 64.2 Å². The number of aryl methyl sites for hydroxylation is 1. The quantitative estimate of drug-likeness (QED) is 0.684. The zero-order valence-electron chi connectivity index (χ0n) is 10.7. The summed E-state index contributed by atoms with van der Waals surface area (Å²) in [6.45, 7) is 1.85. The normalized spacial score (nSPS) is 17.6. The summed E-state index contributed by atoms with van der Waals surface area (Å²) in [6, 6.07) is -0.157. The van der Waals surface area contributed by atoms with Crippen LogP contribution in [0.4, 0.5) is 5.13 Å². The Morgan fingerprint density at radius 3 is 2.95 bits per heavy atom. The maximum Gasteiger partial charge on any atom is 0.244 e. The average molecular weight is 355 g/mol. The van der Waals surface area contributed by atoms with Crippen molar-refractivity contribution in [2.75, 3.05) is 22.7 Å². The molecule has 2 heterocycles. The number of rotatable bonds is 5. The van der Waals surface area contributed by atoms with E-state index in [1.165, 1.54) is 23.1 Å². The molecule has 1 aromatic heterocycles. The van der Waals surface area contributed by atoms with Gasteiger partial charge >= 0.3 is 0 Å². The van der Waals surface area contributed by atoms with Crippen molar-refractivity contribution in [3.05, 3.63) is 5.69 Å². The fraction of sp³-hybridized carbons (Fsp3) is 0.500. The van der Waals surface area contributed by atoms with Crippen LogP contribution in [0.25, 0.3) is 0 Å². The number of carbonyl (C=O) groups is 2. The number of anilines is 1. The second-order valence-electron chi connectivity index (χ2n) is 3.91. The molecule has 6 nitrogen and oxygen atoms in total. The van der Waals surface area contributed by atoms with Crippen LogP contribution in [0.5, 0.6) is 0 Å². The lowest BCUT2D eigenvalue weighted by molar-refractivity contribution is -0.117. The van der Waals surface area contributed by atoms with Crippen molar-refractivity contribution in [2.45, 2.75) is 17.2 Å². The number of thiazole rings is 1. The number of thioether (sulfide) groups is 2. The van der Waals surface area contributed by atoms with Crippen LogP contribution < -0.4 is 16.4 Å². The standard InChI is InChI=1S/C10H14N4O2S3.ClH/c1-5-9(18-3-7(11)15)19-10(13-5)14-8(16)6-2-17-4-12-6;/h6,12H,2-4H2,1H3,(H2,11,15)(H,13,14,16);1H. The Kier molecular flexibility index (Phi) is 7.10. The molecule has 1 saturated heterocycles. The molecule has 2 amide bonds. The Morgan fingerprint density at radius 2 is 2.35 bits per heavy atom. The minimum Gasteiger partial charge on any atom is -0.369 e. The van der Waals surface area contributed by atoms with E-state index in [1.54, 1.807) is 11.8 Å². The van der Waals surface area contributed by atoms with Crippen molar-refractivity contribution in [1.82, 2.24) is 10.3 Å². The first-order valence-electron chi connectivity index (χ1n) is 5.57. The monoisotopic (exact) mass is 354 g/mol. The van der Waals surface area contributed by atoms with Crippen LogP contribution in [0.1, 0.15) is 5.69 Å². The Balaban J connectivity index is 0.00000200. The average Bonchev–Trinajstić information content (AvgIpc) is 2.96. The van der Waals surface area contributed by atoms with Crippen molar-refractivity contribution in [3.63, 3.8) is 0 Å². The molecule has 1 atom stereocenters. The van der Waals surface area contributed by atoms with Crippen LogP contribution in [-0.4, -0.2) is 40.2 Å². The lowest BCUT2D eigenvalue weighted by atomic mass is 10.3. The van der Waals surface area contributed by atoms with Crippen LogP contribution >= 0.6 is 47.3 Å². The van der Waals surface area contributed by atoms with Gasteiger partial charge in [0.15, 0.2) is 5.13 Å². The van der Waals surface area contributed by atoms with Crippen LogP contribution in [0.2, 0.25) is 0 Å². The number of hydrogen-bond acceptors (Lipinski definition) is 7. The van der Waals surface area contributed by atoms with Crippen LogP contribution in [0.3, 0.4) is 0 Å². The highest BCUT2D eigenvalue weighted by Crippen LogP contribution is 2.32. The number of nitrogens with two attached hydrogens (primary N) is 1. The summed E-state index contributed by atoms with van der Waals surface area (Å²) in [5, 5.41) is 6.46. The van der Waals surface area contributed by atoms with E-state index in [0.29, 0.717) is 5.13 Å². The largest absolute Gasteiger partial charge is 0.369 e. The first kappa shape index (κ1) is 17.6. The lowest BCUT2D eigenvalue weighted by Gasteiger charge is -2.07. The zero-order chi connectivity index (χ0) is 13.8. The fourth-order valence-electron chi connectivity index (χ4n) is 1.46.